The zero-order chi connectivity index (χ0) is 24.1. The molecule has 4 aromatic rings. The number of hydrogen-bond donors (Lipinski definition) is 1. The van der Waals surface area contributed by atoms with E-state index in [2.05, 4.69) is 10.4 Å². The van der Waals surface area contributed by atoms with Crippen LogP contribution in [0.2, 0.25) is 0 Å². The Hall–Kier alpha value is -3.72. The Kier molecular flexibility index (Phi) is 7.22. The van der Waals surface area contributed by atoms with Crippen LogP contribution in [0.15, 0.2) is 59.8 Å². The van der Waals surface area contributed by atoms with Crippen LogP contribution >= 0.6 is 11.8 Å². The number of fused-ring (bicyclic) bond motifs is 1. The van der Waals surface area contributed by atoms with Crippen molar-refractivity contribution >= 4 is 29.0 Å². The van der Waals surface area contributed by atoms with E-state index in [4.69, 9.17) is 19.2 Å². The van der Waals surface area contributed by atoms with Crippen molar-refractivity contribution in [1.82, 2.24) is 14.6 Å². The number of anilines is 1. The highest BCUT2D eigenvalue weighted by Gasteiger charge is 2.16. The number of nitrogens with one attached hydrogen (secondary N) is 1. The lowest BCUT2D eigenvalue weighted by Crippen LogP contribution is -2.15. The first-order valence-corrected chi connectivity index (χ1v) is 11.7. The quantitative estimate of drug-likeness (QED) is 0.272. The Morgan fingerprint density at radius 3 is 2.62 bits per heavy atom. The largest absolute Gasteiger partial charge is 0.493 e. The Bertz CT molecular complexity index is 1320. The monoisotopic (exact) mass is 478 g/mol. The van der Waals surface area contributed by atoms with E-state index >= 15 is 0 Å². The number of thioether (sulfide) groups is 1. The summed E-state index contributed by atoms with van der Waals surface area (Å²) in [5.74, 6) is 2.01. The number of aromatic nitrogens is 3. The SMILES string of the molecule is CCOc1ccccc1NC(=O)CSc1cc(C)nc2c(-c3ccc(OC)c(OC)c3)cnn12. The lowest BCUT2D eigenvalue weighted by atomic mass is 10.1. The second-order valence-electron chi connectivity index (χ2n) is 7.37. The van der Waals surface area contributed by atoms with Gasteiger partial charge in [0.1, 0.15) is 10.8 Å². The number of carbonyl (C=O) groups excluding carboxylic acids is 1. The summed E-state index contributed by atoms with van der Waals surface area (Å²) in [7, 11) is 3.21. The van der Waals surface area contributed by atoms with E-state index in [9.17, 15) is 4.79 Å². The molecule has 0 fully saturated rings. The molecule has 0 atom stereocenters. The van der Waals surface area contributed by atoms with E-state index in [1.54, 1.807) is 24.9 Å². The third kappa shape index (κ3) is 4.94. The highest BCUT2D eigenvalue weighted by molar-refractivity contribution is 7.99. The first-order valence-electron chi connectivity index (χ1n) is 10.8. The fraction of sp³-hybridized carbons (Fsp3) is 0.240. The van der Waals surface area contributed by atoms with Crippen molar-refractivity contribution in [3.63, 3.8) is 0 Å². The van der Waals surface area contributed by atoms with Crippen molar-refractivity contribution in [3.05, 3.63) is 60.4 Å². The fourth-order valence-electron chi connectivity index (χ4n) is 3.54. The Morgan fingerprint density at radius 1 is 1.06 bits per heavy atom. The topological polar surface area (TPSA) is 87.0 Å². The molecule has 0 saturated heterocycles. The third-order valence-corrected chi connectivity index (χ3v) is 6.07. The molecule has 34 heavy (non-hydrogen) atoms. The maximum Gasteiger partial charge on any atom is 0.234 e. The molecular weight excluding hydrogens is 452 g/mol. The molecule has 0 radical (unpaired) electrons. The van der Waals surface area contributed by atoms with Crippen LogP contribution in [0, 0.1) is 6.92 Å². The molecule has 9 heteroatoms. The standard InChI is InChI=1S/C25H26N4O4S/c1-5-33-20-9-7-6-8-19(20)28-23(30)15-34-24-12-16(2)27-25-18(14-26-29(24)25)17-10-11-21(31-3)22(13-17)32-4/h6-14H,5,15H2,1-4H3,(H,28,30). The zero-order valence-electron chi connectivity index (χ0n) is 19.5. The highest BCUT2D eigenvalue weighted by Crippen LogP contribution is 2.34. The summed E-state index contributed by atoms with van der Waals surface area (Å²) in [6.45, 7) is 4.36. The van der Waals surface area contributed by atoms with E-state index in [0.717, 1.165) is 21.8 Å². The van der Waals surface area contributed by atoms with E-state index in [0.29, 0.717) is 35.2 Å². The molecule has 176 valence electrons. The van der Waals surface area contributed by atoms with Crippen molar-refractivity contribution in [2.45, 2.75) is 18.9 Å². The first kappa shape index (κ1) is 23.4. The van der Waals surface area contributed by atoms with E-state index in [1.165, 1.54) is 11.8 Å². The molecule has 2 aromatic heterocycles. The molecule has 1 amide bonds. The molecule has 0 spiro atoms. The maximum absolute atomic E-state index is 12.7. The van der Waals surface area contributed by atoms with Gasteiger partial charge >= 0.3 is 0 Å². The average molecular weight is 479 g/mol. The number of nitrogens with zero attached hydrogens (tertiary/aromatic N) is 3. The van der Waals surface area contributed by atoms with Crippen LogP contribution in [-0.2, 0) is 4.79 Å². The van der Waals surface area contributed by atoms with Gasteiger partial charge < -0.3 is 19.5 Å². The third-order valence-electron chi connectivity index (χ3n) is 5.07. The van der Waals surface area contributed by atoms with Crippen molar-refractivity contribution in [2.24, 2.45) is 0 Å². The number of rotatable bonds is 9. The van der Waals surface area contributed by atoms with Gasteiger partial charge in [-0.15, -0.1) is 0 Å². The summed E-state index contributed by atoms with van der Waals surface area (Å²) in [6.07, 6.45) is 1.77. The van der Waals surface area contributed by atoms with Crippen LogP contribution in [0.25, 0.3) is 16.8 Å². The van der Waals surface area contributed by atoms with Gasteiger partial charge in [-0.25, -0.2) is 9.50 Å². The van der Waals surface area contributed by atoms with Gasteiger partial charge in [-0.3, -0.25) is 4.79 Å². The van der Waals surface area contributed by atoms with Crippen LogP contribution in [0.1, 0.15) is 12.6 Å². The molecular formula is C25H26N4O4S. The maximum atomic E-state index is 12.7. The summed E-state index contributed by atoms with van der Waals surface area (Å²) >= 11 is 1.40. The number of aryl methyl sites for hydroxylation is 1. The molecule has 8 nitrogen and oxygen atoms in total. The molecule has 4 rings (SSSR count). The molecule has 2 heterocycles. The van der Waals surface area contributed by atoms with Gasteiger partial charge in [-0.2, -0.15) is 5.10 Å². The molecule has 0 unspecified atom stereocenters. The molecule has 0 bridgehead atoms. The number of methoxy groups -OCH3 is 2. The minimum atomic E-state index is -0.132. The highest BCUT2D eigenvalue weighted by atomic mass is 32.2. The van der Waals surface area contributed by atoms with Gasteiger partial charge in [-0.1, -0.05) is 30.0 Å². The van der Waals surface area contributed by atoms with Gasteiger partial charge in [0.15, 0.2) is 17.1 Å². The zero-order valence-corrected chi connectivity index (χ0v) is 20.3. The summed E-state index contributed by atoms with van der Waals surface area (Å²) in [6, 6.07) is 15.0. The molecule has 0 aliphatic heterocycles. The minimum absolute atomic E-state index is 0.132. The second-order valence-corrected chi connectivity index (χ2v) is 8.36. The van der Waals surface area contributed by atoms with Crippen LogP contribution in [0.3, 0.4) is 0 Å². The van der Waals surface area contributed by atoms with Crippen molar-refractivity contribution in [1.29, 1.82) is 0 Å². The predicted molar refractivity (Wildman–Crippen MR) is 133 cm³/mol. The Morgan fingerprint density at radius 2 is 1.85 bits per heavy atom. The Labute approximate surface area is 202 Å². The number of benzene rings is 2. The van der Waals surface area contributed by atoms with Crippen LogP contribution < -0.4 is 19.5 Å². The molecule has 0 aliphatic rings. The van der Waals surface area contributed by atoms with Crippen LogP contribution in [-0.4, -0.2) is 47.1 Å². The van der Waals surface area contributed by atoms with E-state index < -0.39 is 0 Å². The van der Waals surface area contributed by atoms with Crippen molar-refractivity contribution in [3.8, 4) is 28.4 Å². The average Bonchev–Trinajstić information content (AvgIpc) is 3.27. The molecule has 0 saturated carbocycles. The lowest BCUT2D eigenvalue weighted by molar-refractivity contribution is -0.113. The lowest BCUT2D eigenvalue weighted by Gasteiger charge is -2.11. The van der Waals surface area contributed by atoms with Gasteiger partial charge in [-0.05, 0) is 49.7 Å². The second kappa shape index (κ2) is 10.5. The van der Waals surface area contributed by atoms with E-state index in [-0.39, 0.29) is 11.7 Å². The van der Waals surface area contributed by atoms with Gasteiger partial charge in [0.05, 0.1) is 38.5 Å². The normalized spacial score (nSPS) is 10.8. The smallest absolute Gasteiger partial charge is 0.234 e. The molecule has 0 aliphatic carbocycles. The summed E-state index contributed by atoms with van der Waals surface area (Å²) in [5.41, 5.74) is 3.96. The number of ether oxygens (including phenoxy) is 3. The van der Waals surface area contributed by atoms with Crippen LogP contribution in [0.4, 0.5) is 5.69 Å². The number of carbonyl (C=O) groups is 1. The minimum Gasteiger partial charge on any atom is -0.493 e. The van der Waals surface area contributed by atoms with Gasteiger partial charge in [0.25, 0.3) is 0 Å². The fourth-order valence-corrected chi connectivity index (χ4v) is 4.40. The van der Waals surface area contributed by atoms with Gasteiger partial charge in [0, 0.05) is 11.3 Å². The van der Waals surface area contributed by atoms with Crippen molar-refractivity contribution < 1.29 is 19.0 Å². The summed E-state index contributed by atoms with van der Waals surface area (Å²) in [5, 5.41) is 8.29. The first-order chi connectivity index (χ1) is 16.5. The summed E-state index contributed by atoms with van der Waals surface area (Å²) < 4.78 is 18.1. The summed E-state index contributed by atoms with van der Waals surface area (Å²) in [4.78, 5) is 17.4. The number of hydrogen-bond acceptors (Lipinski definition) is 7. The Balaban J connectivity index is 1.57. The van der Waals surface area contributed by atoms with Crippen molar-refractivity contribution in [2.75, 3.05) is 31.9 Å². The van der Waals surface area contributed by atoms with Gasteiger partial charge in [0.2, 0.25) is 5.91 Å². The number of para-hydroxylation sites is 2. The molecule has 1 N–H and O–H groups in total. The predicted octanol–water partition coefficient (Wildman–Crippen LogP) is 4.85. The number of amides is 1. The molecule has 2 aromatic carbocycles. The van der Waals surface area contributed by atoms with E-state index in [1.807, 2.05) is 62.4 Å². The van der Waals surface area contributed by atoms with Crippen LogP contribution in [0.5, 0.6) is 17.2 Å².